The van der Waals surface area contributed by atoms with Crippen LogP contribution in [0.1, 0.15) is 13.3 Å². The van der Waals surface area contributed by atoms with E-state index in [0.29, 0.717) is 12.4 Å². The Morgan fingerprint density at radius 1 is 1.77 bits per heavy atom. The molecule has 1 unspecified atom stereocenters. The fraction of sp³-hybridized carbons (Fsp3) is 0.500. The lowest BCUT2D eigenvalue weighted by atomic mass is 10.2. The van der Waals surface area contributed by atoms with Crippen molar-refractivity contribution in [3.63, 3.8) is 0 Å². The Morgan fingerprint density at radius 3 is 3.15 bits per heavy atom. The fourth-order valence-corrected chi connectivity index (χ4v) is 0.845. The van der Waals surface area contributed by atoms with Gasteiger partial charge in [-0.15, -0.1) is 0 Å². The van der Waals surface area contributed by atoms with Gasteiger partial charge in [-0.1, -0.05) is 6.92 Å². The van der Waals surface area contributed by atoms with Crippen LogP contribution in [0.5, 0.6) is 0 Å². The van der Waals surface area contributed by atoms with Crippen molar-refractivity contribution in [2.75, 3.05) is 11.9 Å². The van der Waals surface area contributed by atoms with Gasteiger partial charge in [-0.25, -0.2) is 4.98 Å². The number of hydrogen-bond acceptors (Lipinski definition) is 4. The van der Waals surface area contributed by atoms with Gasteiger partial charge in [-0.05, 0) is 6.42 Å². The number of aromatic nitrogens is 2. The molecule has 0 aliphatic rings. The molecular formula is C8H14N4O. The lowest BCUT2D eigenvalue weighted by molar-refractivity contribution is 0.677. The topological polar surface area (TPSA) is 83.8 Å². The van der Waals surface area contributed by atoms with E-state index in [1.807, 2.05) is 6.92 Å². The highest BCUT2D eigenvalue weighted by molar-refractivity contribution is 5.31. The van der Waals surface area contributed by atoms with Gasteiger partial charge >= 0.3 is 0 Å². The van der Waals surface area contributed by atoms with Crippen LogP contribution in [0.2, 0.25) is 0 Å². The molecule has 0 saturated heterocycles. The number of anilines is 1. The second-order valence-corrected chi connectivity index (χ2v) is 2.85. The van der Waals surface area contributed by atoms with Gasteiger partial charge in [0.25, 0.3) is 5.56 Å². The minimum absolute atomic E-state index is 0.0982. The van der Waals surface area contributed by atoms with E-state index in [1.54, 1.807) is 0 Å². The molecule has 0 aromatic carbocycles. The average Bonchev–Trinajstić information content (AvgIpc) is 2.14. The highest BCUT2D eigenvalue weighted by Crippen LogP contribution is 1.95. The van der Waals surface area contributed by atoms with Gasteiger partial charge in [-0.2, -0.15) is 0 Å². The zero-order chi connectivity index (χ0) is 9.68. The Hall–Kier alpha value is -1.36. The van der Waals surface area contributed by atoms with Crippen molar-refractivity contribution >= 4 is 5.82 Å². The second-order valence-electron chi connectivity index (χ2n) is 2.85. The number of aromatic amines is 1. The molecule has 4 N–H and O–H groups in total. The number of nitrogens with one attached hydrogen (secondary N) is 2. The van der Waals surface area contributed by atoms with Crippen LogP contribution in [-0.4, -0.2) is 22.6 Å². The van der Waals surface area contributed by atoms with Gasteiger partial charge in [0.15, 0.2) is 0 Å². The third-order valence-electron chi connectivity index (χ3n) is 1.75. The van der Waals surface area contributed by atoms with E-state index >= 15 is 0 Å². The first-order valence-electron chi connectivity index (χ1n) is 4.26. The molecular weight excluding hydrogens is 168 g/mol. The van der Waals surface area contributed by atoms with Crippen LogP contribution in [0.4, 0.5) is 5.82 Å². The van der Waals surface area contributed by atoms with E-state index in [1.165, 1.54) is 12.4 Å². The SMILES string of the molecule is CCC(N)CNc1cc(=O)[nH]cn1. The van der Waals surface area contributed by atoms with Crippen molar-refractivity contribution in [3.8, 4) is 0 Å². The smallest absolute Gasteiger partial charge is 0.252 e. The highest BCUT2D eigenvalue weighted by Gasteiger charge is 1.99. The molecule has 0 spiro atoms. The van der Waals surface area contributed by atoms with Crippen LogP contribution < -0.4 is 16.6 Å². The molecule has 0 aliphatic carbocycles. The minimum atomic E-state index is -0.164. The second kappa shape index (κ2) is 4.61. The molecule has 0 saturated carbocycles. The summed E-state index contributed by atoms with van der Waals surface area (Å²) in [4.78, 5) is 17.2. The summed E-state index contributed by atoms with van der Waals surface area (Å²) in [5, 5.41) is 2.98. The summed E-state index contributed by atoms with van der Waals surface area (Å²) in [5.41, 5.74) is 5.52. The van der Waals surface area contributed by atoms with Crippen LogP contribution in [0.3, 0.4) is 0 Å². The van der Waals surface area contributed by atoms with Crippen molar-refractivity contribution < 1.29 is 0 Å². The summed E-state index contributed by atoms with van der Waals surface area (Å²) in [6.45, 7) is 2.64. The van der Waals surface area contributed by atoms with Crippen LogP contribution >= 0.6 is 0 Å². The van der Waals surface area contributed by atoms with E-state index in [9.17, 15) is 4.79 Å². The summed E-state index contributed by atoms with van der Waals surface area (Å²) in [5.74, 6) is 0.563. The first-order valence-corrected chi connectivity index (χ1v) is 4.26. The molecule has 0 bridgehead atoms. The maximum atomic E-state index is 10.8. The number of hydrogen-bond donors (Lipinski definition) is 3. The summed E-state index contributed by atoms with van der Waals surface area (Å²) >= 11 is 0. The van der Waals surface area contributed by atoms with Gasteiger partial charge in [-0.3, -0.25) is 4.79 Å². The lowest BCUT2D eigenvalue weighted by Gasteiger charge is -2.09. The monoisotopic (exact) mass is 182 g/mol. The van der Waals surface area contributed by atoms with Crippen LogP contribution in [0, 0.1) is 0 Å². The summed E-state index contributed by atoms with van der Waals surface area (Å²) in [6, 6.07) is 1.50. The van der Waals surface area contributed by atoms with E-state index < -0.39 is 0 Å². The Bertz CT molecular complexity index is 309. The van der Waals surface area contributed by atoms with Crippen LogP contribution in [0.15, 0.2) is 17.2 Å². The van der Waals surface area contributed by atoms with Crippen molar-refractivity contribution in [1.82, 2.24) is 9.97 Å². The van der Waals surface area contributed by atoms with Crippen LogP contribution in [0.25, 0.3) is 0 Å². The lowest BCUT2D eigenvalue weighted by Crippen LogP contribution is -2.28. The maximum Gasteiger partial charge on any atom is 0.252 e. The van der Waals surface area contributed by atoms with Gasteiger partial charge in [0.05, 0.1) is 6.33 Å². The third-order valence-corrected chi connectivity index (χ3v) is 1.75. The average molecular weight is 182 g/mol. The molecule has 0 amide bonds. The molecule has 0 fully saturated rings. The third kappa shape index (κ3) is 3.25. The van der Waals surface area contributed by atoms with Gasteiger partial charge in [0.2, 0.25) is 0 Å². The van der Waals surface area contributed by atoms with Crippen molar-refractivity contribution in [2.45, 2.75) is 19.4 Å². The molecule has 1 atom stereocenters. The largest absolute Gasteiger partial charge is 0.368 e. The molecule has 13 heavy (non-hydrogen) atoms. The Morgan fingerprint density at radius 2 is 2.54 bits per heavy atom. The molecule has 1 heterocycles. The highest BCUT2D eigenvalue weighted by atomic mass is 16.1. The number of H-pyrrole nitrogens is 1. The molecule has 5 heteroatoms. The van der Waals surface area contributed by atoms with E-state index in [0.717, 1.165) is 6.42 Å². The van der Waals surface area contributed by atoms with Gasteiger partial charge < -0.3 is 16.0 Å². The molecule has 5 nitrogen and oxygen atoms in total. The van der Waals surface area contributed by atoms with E-state index in [2.05, 4.69) is 15.3 Å². The van der Waals surface area contributed by atoms with E-state index in [-0.39, 0.29) is 11.6 Å². The Balaban J connectivity index is 2.50. The molecule has 72 valence electrons. The molecule has 0 radical (unpaired) electrons. The van der Waals surface area contributed by atoms with Gasteiger partial charge in [0.1, 0.15) is 5.82 Å². The summed E-state index contributed by atoms with van der Waals surface area (Å²) in [7, 11) is 0. The first-order chi connectivity index (χ1) is 6.22. The molecule has 0 aliphatic heterocycles. The molecule has 1 aromatic rings. The zero-order valence-corrected chi connectivity index (χ0v) is 7.58. The number of nitrogens with zero attached hydrogens (tertiary/aromatic N) is 1. The predicted octanol–water partition coefficient (Wildman–Crippen LogP) is -0.0809. The Labute approximate surface area is 76.4 Å². The number of nitrogens with two attached hydrogens (primary N) is 1. The van der Waals surface area contributed by atoms with Crippen molar-refractivity contribution in [3.05, 3.63) is 22.7 Å². The predicted molar refractivity (Wildman–Crippen MR) is 51.6 cm³/mol. The minimum Gasteiger partial charge on any atom is -0.368 e. The van der Waals surface area contributed by atoms with E-state index in [4.69, 9.17) is 5.73 Å². The van der Waals surface area contributed by atoms with Crippen molar-refractivity contribution in [2.24, 2.45) is 5.73 Å². The quantitative estimate of drug-likeness (QED) is 0.608. The maximum absolute atomic E-state index is 10.8. The first kappa shape index (κ1) is 9.73. The summed E-state index contributed by atoms with van der Waals surface area (Å²) in [6.07, 6.45) is 2.26. The normalized spacial score (nSPS) is 12.5. The molecule has 1 rings (SSSR count). The zero-order valence-electron chi connectivity index (χ0n) is 7.58. The Kier molecular flexibility index (Phi) is 3.45. The van der Waals surface area contributed by atoms with Crippen molar-refractivity contribution in [1.29, 1.82) is 0 Å². The number of rotatable bonds is 4. The standard InChI is InChI=1S/C8H14N4O/c1-2-6(9)4-10-7-3-8(13)12-5-11-7/h3,5-6H,2,4,9H2,1H3,(H2,10,11,12,13). The van der Waals surface area contributed by atoms with Gasteiger partial charge in [0, 0.05) is 18.7 Å². The van der Waals surface area contributed by atoms with Crippen LogP contribution in [-0.2, 0) is 0 Å². The fourth-order valence-electron chi connectivity index (χ4n) is 0.845. The summed E-state index contributed by atoms with van der Waals surface area (Å²) < 4.78 is 0. The molecule has 1 aromatic heterocycles.